The molecule has 2 saturated heterocycles. The number of ether oxygens (including phenoxy) is 2. The van der Waals surface area contributed by atoms with Crippen molar-refractivity contribution >= 4 is 16.8 Å². The highest BCUT2D eigenvalue weighted by Gasteiger charge is 2.43. The molecule has 3 heterocycles. The number of aromatic nitrogens is 1. The van der Waals surface area contributed by atoms with Gasteiger partial charge in [0.1, 0.15) is 0 Å². The lowest BCUT2D eigenvalue weighted by Gasteiger charge is -2.47. The van der Waals surface area contributed by atoms with Gasteiger partial charge in [0, 0.05) is 42.6 Å². The van der Waals surface area contributed by atoms with Gasteiger partial charge in [-0.15, -0.1) is 0 Å². The number of carbonyl (C=O) groups excluding carboxylic acids is 1. The number of fused-ring (bicyclic) bond motifs is 4. The van der Waals surface area contributed by atoms with E-state index in [4.69, 9.17) is 9.47 Å². The molecule has 3 aliphatic rings. The first-order chi connectivity index (χ1) is 17.3. The monoisotopic (exact) mass is 489 g/mol. The van der Waals surface area contributed by atoms with E-state index in [1.165, 1.54) is 41.3 Å². The summed E-state index contributed by atoms with van der Waals surface area (Å²) in [6.45, 7) is 5.08. The predicted molar refractivity (Wildman–Crippen MR) is 145 cm³/mol. The zero-order valence-corrected chi connectivity index (χ0v) is 22.4. The van der Waals surface area contributed by atoms with Crippen LogP contribution in [0.2, 0.25) is 0 Å². The van der Waals surface area contributed by atoms with Gasteiger partial charge in [-0.2, -0.15) is 0 Å². The van der Waals surface area contributed by atoms with Crippen LogP contribution in [0.1, 0.15) is 62.5 Å². The Morgan fingerprint density at radius 3 is 2.50 bits per heavy atom. The Labute approximate surface area is 214 Å². The minimum atomic E-state index is 0.209. The summed E-state index contributed by atoms with van der Waals surface area (Å²) in [7, 11) is 7.04. The minimum absolute atomic E-state index is 0.209. The molecule has 1 aliphatic carbocycles. The minimum Gasteiger partial charge on any atom is -0.493 e. The summed E-state index contributed by atoms with van der Waals surface area (Å²) in [4.78, 5) is 20.2. The lowest BCUT2D eigenvalue weighted by Crippen LogP contribution is -2.57. The third kappa shape index (κ3) is 4.36. The van der Waals surface area contributed by atoms with Crippen molar-refractivity contribution in [3.63, 3.8) is 0 Å². The number of likely N-dealkylation sites (N-methyl/N-ethyl adjacent to an activating group) is 1. The molecule has 2 aromatic carbocycles. The smallest absolute Gasteiger partial charge is 0.236 e. The van der Waals surface area contributed by atoms with E-state index in [2.05, 4.69) is 54.1 Å². The van der Waals surface area contributed by atoms with Crippen molar-refractivity contribution in [2.45, 2.75) is 63.5 Å². The largest absolute Gasteiger partial charge is 0.493 e. The van der Waals surface area contributed by atoms with Crippen LogP contribution in [0, 0.1) is 0 Å². The second-order valence-electron chi connectivity index (χ2n) is 11.0. The van der Waals surface area contributed by atoms with Gasteiger partial charge in [0.25, 0.3) is 0 Å². The maximum Gasteiger partial charge on any atom is 0.236 e. The Bertz CT molecular complexity index is 1260. The number of nitrogens with zero attached hydrogens (tertiary/aromatic N) is 2. The van der Waals surface area contributed by atoms with Crippen molar-refractivity contribution in [1.82, 2.24) is 14.8 Å². The van der Waals surface area contributed by atoms with Crippen LogP contribution in [0.25, 0.3) is 22.2 Å². The molecule has 2 aliphatic heterocycles. The number of benzene rings is 2. The third-order valence-corrected chi connectivity index (χ3v) is 8.29. The van der Waals surface area contributed by atoms with Crippen LogP contribution in [0.3, 0.4) is 0 Å². The summed E-state index contributed by atoms with van der Waals surface area (Å²) in [6.07, 6.45) is 4.71. The van der Waals surface area contributed by atoms with E-state index in [1.807, 2.05) is 20.2 Å². The fourth-order valence-corrected chi connectivity index (χ4v) is 6.26. The third-order valence-electron chi connectivity index (χ3n) is 8.29. The van der Waals surface area contributed by atoms with Gasteiger partial charge >= 0.3 is 0 Å². The Morgan fingerprint density at radius 2 is 1.81 bits per heavy atom. The molecule has 1 amide bonds. The lowest BCUT2D eigenvalue weighted by molar-refractivity contribution is -0.134. The topological polar surface area (TPSA) is 57.8 Å². The fraction of sp³-hybridized carbons (Fsp3) is 0.500. The number of rotatable bonds is 7. The fourth-order valence-electron chi connectivity index (χ4n) is 6.26. The molecule has 1 saturated carbocycles. The molecule has 36 heavy (non-hydrogen) atoms. The van der Waals surface area contributed by atoms with Crippen molar-refractivity contribution in [3.05, 3.63) is 47.5 Å². The number of hydrogen-bond acceptors (Lipinski definition) is 4. The predicted octanol–water partition coefficient (Wildman–Crippen LogP) is 5.77. The van der Waals surface area contributed by atoms with Gasteiger partial charge in [0.2, 0.25) is 5.91 Å². The van der Waals surface area contributed by atoms with Crippen molar-refractivity contribution in [3.8, 4) is 22.8 Å². The summed E-state index contributed by atoms with van der Waals surface area (Å²) in [6, 6.07) is 14.2. The summed E-state index contributed by atoms with van der Waals surface area (Å²) in [5.74, 6) is 2.58. The van der Waals surface area contributed by atoms with Crippen LogP contribution < -0.4 is 9.47 Å². The first-order valence-electron chi connectivity index (χ1n) is 13.1. The first-order valence-corrected chi connectivity index (χ1v) is 13.1. The highest BCUT2D eigenvalue weighted by molar-refractivity contribution is 5.92. The summed E-state index contributed by atoms with van der Waals surface area (Å²) >= 11 is 0. The molecular formula is C30H39N3O3. The van der Waals surface area contributed by atoms with Crippen molar-refractivity contribution in [2.75, 3.05) is 34.9 Å². The highest BCUT2D eigenvalue weighted by atomic mass is 16.5. The Morgan fingerprint density at radius 1 is 1.03 bits per heavy atom. The van der Waals surface area contributed by atoms with E-state index in [1.54, 1.807) is 19.1 Å². The van der Waals surface area contributed by atoms with Crippen LogP contribution in [0.15, 0.2) is 36.4 Å². The molecule has 3 unspecified atom stereocenters. The van der Waals surface area contributed by atoms with E-state index in [0.717, 1.165) is 29.2 Å². The Kier molecular flexibility index (Phi) is 6.73. The van der Waals surface area contributed by atoms with Gasteiger partial charge in [-0.05, 0) is 79.0 Å². The van der Waals surface area contributed by atoms with Crippen molar-refractivity contribution in [1.29, 1.82) is 0 Å². The van der Waals surface area contributed by atoms with Crippen LogP contribution in [0.5, 0.6) is 11.5 Å². The molecule has 2 bridgehead atoms. The summed E-state index contributed by atoms with van der Waals surface area (Å²) < 4.78 is 11.0. The van der Waals surface area contributed by atoms with Crippen LogP contribution in [-0.2, 0) is 4.79 Å². The van der Waals surface area contributed by atoms with E-state index >= 15 is 0 Å². The molecule has 1 N–H and O–H groups in total. The number of methoxy groups -OCH3 is 2. The van der Waals surface area contributed by atoms with E-state index in [0.29, 0.717) is 30.5 Å². The summed E-state index contributed by atoms with van der Waals surface area (Å²) in [5, 5.41) is 1.31. The average Bonchev–Trinajstić information content (AvgIpc) is 2.99. The van der Waals surface area contributed by atoms with Gasteiger partial charge in [-0.3, -0.25) is 9.69 Å². The second-order valence-corrected chi connectivity index (χ2v) is 11.0. The molecule has 0 spiro atoms. The Hall–Kier alpha value is -2.99. The van der Waals surface area contributed by atoms with Crippen molar-refractivity contribution in [2.24, 2.45) is 0 Å². The summed E-state index contributed by atoms with van der Waals surface area (Å²) in [5.41, 5.74) is 6.19. The SMILES string of the molecule is COc1ccc(-c2[nH]c3ccc(C4CCC5CC(C4)N5CC(=O)N(C)C)cc3c2C(C)C)cc1OC. The zero-order chi connectivity index (χ0) is 25.6. The standard InChI is InChI=1S/C30H39N3O3/c1-18(2)29-24-14-20(19-7-10-22-16-23(13-19)33(22)17-28(34)32(3)4)8-11-25(24)31-30(29)21-9-12-26(35-5)27(15-21)36-6/h8-9,11-12,14-15,18-19,22-23,31H,7,10,13,16-17H2,1-6H3. The molecule has 3 atom stereocenters. The number of H-pyrrole nitrogens is 1. The lowest BCUT2D eigenvalue weighted by atomic mass is 9.87. The van der Waals surface area contributed by atoms with Gasteiger partial charge in [-0.25, -0.2) is 0 Å². The molecule has 6 nitrogen and oxygen atoms in total. The van der Waals surface area contributed by atoms with Crippen molar-refractivity contribution < 1.29 is 14.3 Å². The molecule has 6 rings (SSSR count). The maximum absolute atomic E-state index is 12.3. The number of aromatic amines is 1. The Balaban J connectivity index is 1.46. The van der Waals surface area contributed by atoms with Crippen LogP contribution >= 0.6 is 0 Å². The number of nitrogens with one attached hydrogen (secondary N) is 1. The highest BCUT2D eigenvalue weighted by Crippen LogP contribution is 2.45. The van der Waals surface area contributed by atoms with Crippen LogP contribution in [-0.4, -0.2) is 67.6 Å². The second kappa shape index (κ2) is 9.81. The molecule has 1 aromatic heterocycles. The number of hydrogen-bond donors (Lipinski definition) is 1. The first kappa shape index (κ1) is 24.7. The van der Waals surface area contributed by atoms with E-state index in [-0.39, 0.29) is 5.91 Å². The average molecular weight is 490 g/mol. The maximum atomic E-state index is 12.3. The molecule has 6 heteroatoms. The molecule has 3 aromatic rings. The zero-order valence-electron chi connectivity index (χ0n) is 22.4. The normalized spacial score (nSPS) is 21.8. The van der Waals surface area contributed by atoms with Crippen LogP contribution in [0.4, 0.5) is 0 Å². The molecular weight excluding hydrogens is 450 g/mol. The van der Waals surface area contributed by atoms with Gasteiger partial charge in [-0.1, -0.05) is 19.9 Å². The molecule has 3 fully saturated rings. The molecule has 0 radical (unpaired) electrons. The van der Waals surface area contributed by atoms with Gasteiger partial charge in [0.05, 0.1) is 26.5 Å². The quantitative estimate of drug-likeness (QED) is 0.457. The van der Waals surface area contributed by atoms with Gasteiger partial charge < -0.3 is 19.4 Å². The molecule has 192 valence electrons. The van der Waals surface area contributed by atoms with E-state index in [9.17, 15) is 4.79 Å². The van der Waals surface area contributed by atoms with Gasteiger partial charge in [0.15, 0.2) is 11.5 Å². The number of carbonyl (C=O) groups is 1. The van der Waals surface area contributed by atoms with E-state index < -0.39 is 0 Å². The number of amides is 1.